The molecule has 0 fully saturated rings. The van der Waals surface area contributed by atoms with E-state index in [9.17, 15) is 22.0 Å². The Bertz CT molecular complexity index is 1560. The highest BCUT2D eigenvalue weighted by atomic mass is 32.2. The molecule has 1 aromatic heterocycles. The maximum absolute atomic E-state index is 13.4. The Hall–Kier alpha value is -4.18. The first kappa shape index (κ1) is 24.0. The number of fused-ring (bicyclic) bond motifs is 1. The lowest BCUT2D eigenvalue weighted by Gasteiger charge is -2.09. The topological polar surface area (TPSA) is 86.6 Å². The minimum atomic E-state index is -4.40. The molecular formula is C25H20F2N2O5S. The SMILES string of the molecule is COc1cccc(Oc2cccc3c2c(/C=C/C(=O)NS(=O)(=O)c2ccc(F)c(F)c2)cn3C)c1. The van der Waals surface area contributed by atoms with Crippen LogP contribution >= 0.6 is 0 Å². The van der Waals surface area contributed by atoms with Crippen LogP contribution in [0, 0.1) is 11.6 Å². The highest BCUT2D eigenvalue weighted by molar-refractivity contribution is 7.90. The summed E-state index contributed by atoms with van der Waals surface area (Å²) >= 11 is 0. The Kier molecular flexibility index (Phi) is 6.57. The molecule has 0 bridgehead atoms. The summed E-state index contributed by atoms with van der Waals surface area (Å²) in [5.74, 6) is -1.80. The van der Waals surface area contributed by atoms with Gasteiger partial charge in [-0.3, -0.25) is 4.79 Å². The first-order chi connectivity index (χ1) is 16.7. The third-order valence-corrected chi connectivity index (χ3v) is 6.47. The Morgan fingerprint density at radius 2 is 1.74 bits per heavy atom. The van der Waals surface area contributed by atoms with Crippen LogP contribution in [0.3, 0.4) is 0 Å². The van der Waals surface area contributed by atoms with Gasteiger partial charge in [0.1, 0.15) is 17.2 Å². The van der Waals surface area contributed by atoms with E-state index in [1.165, 1.54) is 6.08 Å². The van der Waals surface area contributed by atoms with Crippen molar-refractivity contribution in [3.05, 3.63) is 90.1 Å². The van der Waals surface area contributed by atoms with Gasteiger partial charge in [-0.25, -0.2) is 21.9 Å². The number of aryl methyl sites for hydroxylation is 1. The van der Waals surface area contributed by atoms with E-state index in [0.29, 0.717) is 40.3 Å². The number of carbonyl (C=O) groups excluding carboxylic acids is 1. The maximum Gasteiger partial charge on any atom is 0.264 e. The number of nitrogens with one attached hydrogen (secondary N) is 1. The molecule has 0 aliphatic carbocycles. The molecule has 3 aromatic carbocycles. The zero-order chi connectivity index (χ0) is 25.2. The molecule has 4 rings (SSSR count). The predicted molar refractivity (Wildman–Crippen MR) is 127 cm³/mol. The zero-order valence-electron chi connectivity index (χ0n) is 18.7. The van der Waals surface area contributed by atoms with Gasteiger partial charge in [0.25, 0.3) is 15.9 Å². The van der Waals surface area contributed by atoms with E-state index in [0.717, 1.165) is 17.7 Å². The van der Waals surface area contributed by atoms with Gasteiger partial charge in [0, 0.05) is 36.3 Å². The van der Waals surface area contributed by atoms with Crippen LogP contribution in [0.4, 0.5) is 8.78 Å². The summed E-state index contributed by atoms with van der Waals surface area (Å²) in [5, 5.41) is 0.699. The molecule has 0 aliphatic heterocycles. The number of ether oxygens (including phenoxy) is 2. The van der Waals surface area contributed by atoms with Crippen molar-refractivity contribution in [1.82, 2.24) is 9.29 Å². The number of halogens is 2. The van der Waals surface area contributed by atoms with E-state index in [1.54, 1.807) is 43.6 Å². The van der Waals surface area contributed by atoms with E-state index < -0.39 is 32.5 Å². The van der Waals surface area contributed by atoms with Gasteiger partial charge in [0.2, 0.25) is 0 Å². The smallest absolute Gasteiger partial charge is 0.264 e. The molecule has 0 spiro atoms. The summed E-state index contributed by atoms with van der Waals surface area (Å²) in [7, 11) is -1.02. The number of benzene rings is 3. The molecule has 0 radical (unpaired) electrons. The molecule has 35 heavy (non-hydrogen) atoms. The lowest BCUT2D eigenvalue weighted by Crippen LogP contribution is -2.29. The van der Waals surface area contributed by atoms with Gasteiger partial charge in [-0.05, 0) is 48.5 Å². The van der Waals surface area contributed by atoms with Gasteiger partial charge in [-0.1, -0.05) is 12.1 Å². The van der Waals surface area contributed by atoms with Gasteiger partial charge in [0.15, 0.2) is 11.6 Å². The second kappa shape index (κ2) is 9.59. The maximum atomic E-state index is 13.4. The molecule has 1 N–H and O–H groups in total. The largest absolute Gasteiger partial charge is 0.497 e. The van der Waals surface area contributed by atoms with Crippen molar-refractivity contribution in [1.29, 1.82) is 0 Å². The lowest BCUT2D eigenvalue weighted by atomic mass is 10.1. The first-order valence-corrected chi connectivity index (χ1v) is 11.8. The van der Waals surface area contributed by atoms with Gasteiger partial charge >= 0.3 is 0 Å². The highest BCUT2D eigenvalue weighted by Crippen LogP contribution is 2.35. The molecule has 1 heterocycles. The minimum Gasteiger partial charge on any atom is -0.497 e. The Morgan fingerprint density at radius 1 is 1.00 bits per heavy atom. The number of rotatable bonds is 7. The highest BCUT2D eigenvalue weighted by Gasteiger charge is 2.19. The number of hydrogen-bond donors (Lipinski definition) is 1. The first-order valence-electron chi connectivity index (χ1n) is 10.3. The van der Waals surface area contributed by atoms with E-state index in [4.69, 9.17) is 9.47 Å². The van der Waals surface area contributed by atoms with Crippen molar-refractivity contribution in [2.75, 3.05) is 7.11 Å². The van der Waals surface area contributed by atoms with Gasteiger partial charge in [0.05, 0.1) is 17.5 Å². The van der Waals surface area contributed by atoms with Crippen molar-refractivity contribution in [3.63, 3.8) is 0 Å². The van der Waals surface area contributed by atoms with E-state index in [-0.39, 0.29) is 0 Å². The molecule has 0 atom stereocenters. The van der Waals surface area contributed by atoms with Crippen LogP contribution in [0.25, 0.3) is 17.0 Å². The summed E-state index contributed by atoms with van der Waals surface area (Å²) in [6.45, 7) is 0. The summed E-state index contributed by atoms with van der Waals surface area (Å²) in [6, 6.07) is 14.6. The van der Waals surface area contributed by atoms with Crippen LogP contribution in [0.5, 0.6) is 17.2 Å². The third kappa shape index (κ3) is 5.17. The lowest BCUT2D eigenvalue weighted by molar-refractivity contribution is -0.114. The van der Waals surface area contributed by atoms with Crippen molar-refractivity contribution >= 4 is 32.9 Å². The number of hydrogen-bond acceptors (Lipinski definition) is 5. The van der Waals surface area contributed by atoms with Crippen molar-refractivity contribution in [2.45, 2.75) is 4.90 Å². The molecule has 0 unspecified atom stereocenters. The number of amides is 1. The number of nitrogens with zero attached hydrogens (tertiary/aromatic N) is 1. The van der Waals surface area contributed by atoms with E-state index >= 15 is 0 Å². The van der Waals surface area contributed by atoms with Gasteiger partial charge in [-0.15, -0.1) is 0 Å². The molecule has 10 heteroatoms. The number of methoxy groups -OCH3 is 1. The summed E-state index contributed by atoms with van der Waals surface area (Å²) in [5.41, 5.74) is 1.42. The van der Waals surface area contributed by atoms with Crippen LogP contribution in [-0.2, 0) is 21.9 Å². The minimum absolute atomic E-state index is 0.502. The fraction of sp³-hybridized carbons (Fsp3) is 0.0800. The van der Waals surface area contributed by atoms with Crippen LogP contribution in [0.1, 0.15) is 5.56 Å². The molecule has 0 saturated carbocycles. The second-order valence-electron chi connectivity index (χ2n) is 7.51. The number of carbonyl (C=O) groups is 1. The second-order valence-corrected chi connectivity index (χ2v) is 9.19. The van der Waals surface area contributed by atoms with Crippen molar-refractivity contribution in [3.8, 4) is 17.2 Å². The summed E-state index contributed by atoms with van der Waals surface area (Å²) in [4.78, 5) is 11.8. The van der Waals surface area contributed by atoms with Crippen molar-refractivity contribution < 1.29 is 31.5 Å². The van der Waals surface area contributed by atoms with Gasteiger partial charge < -0.3 is 14.0 Å². The molecule has 4 aromatic rings. The summed E-state index contributed by atoms with van der Waals surface area (Å²) in [6.07, 6.45) is 4.24. The normalized spacial score (nSPS) is 11.7. The van der Waals surface area contributed by atoms with Crippen LogP contribution in [0.2, 0.25) is 0 Å². The standard InChI is InChI=1S/C25H20F2N2O5S/c1-29-15-16(9-12-24(30)28-35(31,32)19-10-11-20(26)21(27)14-19)25-22(29)7-4-8-23(25)34-18-6-3-5-17(13-18)33-2/h3-15H,1-2H3,(H,28,30)/b12-9+. The molecule has 7 nitrogen and oxygen atoms in total. The molecule has 1 amide bonds. The van der Waals surface area contributed by atoms with Crippen molar-refractivity contribution in [2.24, 2.45) is 7.05 Å². The zero-order valence-corrected chi connectivity index (χ0v) is 19.5. The molecular weight excluding hydrogens is 478 g/mol. The fourth-order valence-electron chi connectivity index (χ4n) is 3.48. The quantitative estimate of drug-likeness (QED) is 0.371. The Balaban J connectivity index is 1.61. The molecule has 180 valence electrons. The van der Waals surface area contributed by atoms with Crippen LogP contribution in [0.15, 0.2) is 77.8 Å². The Labute approximate surface area is 200 Å². The van der Waals surface area contributed by atoms with Crippen LogP contribution < -0.4 is 14.2 Å². The molecule has 0 aliphatic rings. The predicted octanol–water partition coefficient (Wildman–Crippen LogP) is 4.78. The Morgan fingerprint density at radius 3 is 2.49 bits per heavy atom. The van der Waals surface area contributed by atoms with Gasteiger partial charge in [-0.2, -0.15) is 0 Å². The van der Waals surface area contributed by atoms with E-state index in [2.05, 4.69) is 0 Å². The number of sulfonamides is 1. The fourth-order valence-corrected chi connectivity index (χ4v) is 4.44. The monoisotopic (exact) mass is 498 g/mol. The van der Waals surface area contributed by atoms with Crippen LogP contribution in [-0.4, -0.2) is 26.0 Å². The average molecular weight is 499 g/mol. The van der Waals surface area contributed by atoms with E-state index in [1.807, 2.05) is 28.5 Å². The third-order valence-electron chi connectivity index (χ3n) is 5.13. The molecule has 0 saturated heterocycles. The average Bonchev–Trinajstić information content (AvgIpc) is 3.16. The number of aromatic nitrogens is 1. The summed E-state index contributed by atoms with van der Waals surface area (Å²) < 4.78 is 66.2.